The van der Waals surface area contributed by atoms with Crippen molar-refractivity contribution in [2.24, 2.45) is 0 Å². The molecule has 0 radical (unpaired) electrons. The van der Waals surface area contributed by atoms with E-state index in [-0.39, 0.29) is 0 Å². The van der Waals surface area contributed by atoms with E-state index in [1.165, 1.54) is 28.0 Å². The Bertz CT molecular complexity index is 669. The number of hydrogen-bond donors (Lipinski definition) is 0. The normalized spacial score (nSPS) is 13.7. The summed E-state index contributed by atoms with van der Waals surface area (Å²) in [6.07, 6.45) is 0. The van der Waals surface area contributed by atoms with Gasteiger partial charge in [-0.05, 0) is 5.56 Å². The van der Waals surface area contributed by atoms with E-state index in [1.54, 1.807) is 0 Å². The monoisotopic (exact) mass is 265 g/mol. The molecule has 3 rings (SSSR count). The first-order chi connectivity index (χ1) is 9.20. The number of hydrogen-bond acceptors (Lipinski definition) is 2. The summed E-state index contributed by atoms with van der Waals surface area (Å²) in [4.78, 5) is 3.10. The number of rotatable bonds is 2. The molecule has 19 heavy (non-hydrogen) atoms. The quantitative estimate of drug-likeness (QED) is 0.759. The third kappa shape index (κ3) is 1.89. The summed E-state index contributed by atoms with van der Waals surface area (Å²) < 4.78 is 0. The van der Waals surface area contributed by atoms with E-state index in [0.29, 0.717) is 0 Å². The lowest BCUT2D eigenvalue weighted by molar-refractivity contribution is 0.595. The third-order valence-electron chi connectivity index (χ3n) is 3.40. The SMILES string of the molecule is CN(C)C1=C(c2ccccc2)C(=S)c2ccccc21. The largest absolute Gasteiger partial charge is 0.377 e. The topological polar surface area (TPSA) is 3.24 Å². The van der Waals surface area contributed by atoms with Gasteiger partial charge >= 0.3 is 0 Å². The van der Waals surface area contributed by atoms with Crippen molar-refractivity contribution in [3.05, 3.63) is 71.3 Å². The molecular weight excluding hydrogens is 250 g/mol. The Hall–Kier alpha value is -1.93. The molecule has 0 aliphatic heterocycles. The fourth-order valence-corrected chi connectivity index (χ4v) is 2.99. The Morgan fingerprint density at radius 3 is 2.00 bits per heavy atom. The highest BCUT2D eigenvalue weighted by Gasteiger charge is 2.28. The van der Waals surface area contributed by atoms with Crippen LogP contribution in [0.25, 0.3) is 11.3 Å². The van der Waals surface area contributed by atoms with Gasteiger partial charge in [0.05, 0.1) is 10.6 Å². The van der Waals surface area contributed by atoms with Gasteiger partial charge in [-0.2, -0.15) is 0 Å². The molecule has 2 aromatic carbocycles. The maximum Gasteiger partial charge on any atom is 0.0555 e. The number of benzene rings is 2. The Morgan fingerprint density at radius 1 is 0.789 bits per heavy atom. The molecule has 0 heterocycles. The van der Waals surface area contributed by atoms with Gasteiger partial charge in [-0.3, -0.25) is 0 Å². The van der Waals surface area contributed by atoms with Crippen LogP contribution in [-0.4, -0.2) is 23.9 Å². The van der Waals surface area contributed by atoms with Crippen LogP contribution in [0, 0.1) is 0 Å². The highest BCUT2D eigenvalue weighted by atomic mass is 32.1. The number of nitrogens with zero attached hydrogens (tertiary/aromatic N) is 1. The average molecular weight is 265 g/mol. The molecule has 0 fully saturated rings. The lowest BCUT2D eigenvalue weighted by Gasteiger charge is -2.17. The number of thiocarbonyl (C=S) groups is 1. The van der Waals surface area contributed by atoms with Gasteiger partial charge in [0.1, 0.15) is 0 Å². The molecule has 2 heteroatoms. The zero-order valence-electron chi connectivity index (χ0n) is 11.1. The molecule has 0 saturated heterocycles. The van der Waals surface area contributed by atoms with Gasteiger partial charge in [-0.15, -0.1) is 0 Å². The molecule has 0 amide bonds. The molecule has 0 aromatic heterocycles. The standard InChI is InChI=1S/C17H15NS/c1-18(2)16-13-10-6-7-11-14(13)17(19)15(16)12-8-4-3-5-9-12/h3-11H,1-2H3. The zero-order chi connectivity index (χ0) is 13.4. The fraction of sp³-hybridized carbons (Fsp3) is 0.118. The fourth-order valence-electron chi connectivity index (χ4n) is 2.60. The summed E-state index contributed by atoms with van der Waals surface area (Å²) in [5.74, 6) is 0. The van der Waals surface area contributed by atoms with E-state index in [2.05, 4.69) is 61.5 Å². The highest BCUT2D eigenvalue weighted by molar-refractivity contribution is 7.82. The van der Waals surface area contributed by atoms with Crippen LogP contribution in [0.3, 0.4) is 0 Å². The maximum atomic E-state index is 5.69. The summed E-state index contributed by atoms with van der Waals surface area (Å²) in [6, 6.07) is 18.8. The maximum absolute atomic E-state index is 5.69. The minimum absolute atomic E-state index is 0.950. The molecule has 94 valence electrons. The first kappa shape index (κ1) is 12.1. The molecule has 0 N–H and O–H groups in total. The van der Waals surface area contributed by atoms with Gasteiger partial charge in [-0.1, -0.05) is 66.8 Å². The van der Waals surface area contributed by atoms with Crippen molar-refractivity contribution in [1.82, 2.24) is 4.90 Å². The molecule has 0 saturated carbocycles. The van der Waals surface area contributed by atoms with Crippen LogP contribution >= 0.6 is 12.2 Å². The second kappa shape index (κ2) is 4.63. The van der Waals surface area contributed by atoms with Gasteiger partial charge in [0.25, 0.3) is 0 Å². The van der Waals surface area contributed by atoms with Gasteiger partial charge in [0, 0.05) is 30.8 Å². The van der Waals surface area contributed by atoms with Crippen LogP contribution in [0.2, 0.25) is 0 Å². The van der Waals surface area contributed by atoms with Crippen LogP contribution in [0.1, 0.15) is 16.7 Å². The third-order valence-corrected chi connectivity index (χ3v) is 3.82. The van der Waals surface area contributed by atoms with E-state index in [4.69, 9.17) is 12.2 Å². The van der Waals surface area contributed by atoms with Gasteiger partial charge in [0.15, 0.2) is 0 Å². The zero-order valence-corrected chi connectivity index (χ0v) is 11.9. The minimum Gasteiger partial charge on any atom is -0.377 e. The van der Waals surface area contributed by atoms with E-state index >= 15 is 0 Å². The van der Waals surface area contributed by atoms with Crippen molar-refractivity contribution in [3.63, 3.8) is 0 Å². The Labute approximate surface area is 119 Å². The van der Waals surface area contributed by atoms with E-state index in [9.17, 15) is 0 Å². The van der Waals surface area contributed by atoms with Crippen LogP contribution in [0.5, 0.6) is 0 Å². The smallest absolute Gasteiger partial charge is 0.0555 e. The molecule has 1 nitrogen and oxygen atoms in total. The predicted octanol–water partition coefficient (Wildman–Crippen LogP) is 3.85. The predicted molar refractivity (Wildman–Crippen MR) is 85.1 cm³/mol. The van der Waals surface area contributed by atoms with Gasteiger partial charge in [0.2, 0.25) is 0 Å². The van der Waals surface area contributed by atoms with Crippen LogP contribution in [0.15, 0.2) is 54.6 Å². The number of fused-ring (bicyclic) bond motifs is 1. The second-order valence-electron chi connectivity index (χ2n) is 4.86. The van der Waals surface area contributed by atoms with E-state index in [0.717, 1.165) is 4.86 Å². The Balaban J connectivity index is 2.28. The van der Waals surface area contributed by atoms with Crippen molar-refractivity contribution >= 4 is 28.4 Å². The lowest BCUT2D eigenvalue weighted by Crippen LogP contribution is -2.10. The number of allylic oxidation sites excluding steroid dienone is 1. The van der Waals surface area contributed by atoms with Crippen molar-refractivity contribution < 1.29 is 0 Å². The Kier molecular flexibility index (Phi) is 2.96. The van der Waals surface area contributed by atoms with Gasteiger partial charge < -0.3 is 4.90 Å². The van der Waals surface area contributed by atoms with Crippen LogP contribution < -0.4 is 0 Å². The summed E-state index contributed by atoms with van der Waals surface area (Å²) in [5.41, 5.74) is 5.97. The molecule has 0 bridgehead atoms. The van der Waals surface area contributed by atoms with Crippen molar-refractivity contribution in [2.45, 2.75) is 0 Å². The van der Waals surface area contributed by atoms with E-state index in [1.807, 2.05) is 12.1 Å². The van der Waals surface area contributed by atoms with Crippen molar-refractivity contribution in [1.29, 1.82) is 0 Å². The van der Waals surface area contributed by atoms with Gasteiger partial charge in [-0.25, -0.2) is 0 Å². The lowest BCUT2D eigenvalue weighted by atomic mass is 10.0. The molecule has 1 aliphatic rings. The van der Waals surface area contributed by atoms with Crippen LogP contribution in [0.4, 0.5) is 0 Å². The summed E-state index contributed by atoms with van der Waals surface area (Å²) in [7, 11) is 4.14. The van der Waals surface area contributed by atoms with E-state index < -0.39 is 0 Å². The molecule has 0 unspecified atom stereocenters. The first-order valence-corrected chi connectivity index (χ1v) is 6.72. The molecular formula is C17H15NS. The van der Waals surface area contributed by atoms with Crippen LogP contribution in [-0.2, 0) is 0 Å². The van der Waals surface area contributed by atoms with Crippen molar-refractivity contribution in [2.75, 3.05) is 14.1 Å². The highest BCUT2D eigenvalue weighted by Crippen LogP contribution is 2.39. The Morgan fingerprint density at radius 2 is 1.37 bits per heavy atom. The van der Waals surface area contributed by atoms with Crippen molar-refractivity contribution in [3.8, 4) is 0 Å². The summed E-state index contributed by atoms with van der Waals surface area (Å²) in [6.45, 7) is 0. The average Bonchev–Trinajstić information content (AvgIpc) is 2.74. The summed E-state index contributed by atoms with van der Waals surface area (Å²) >= 11 is 5.69. The second-order valence-corrected chi connectivity index (χ2v) is 5.27. The first-order valence-electron chi connectivity index (χ1n) is 6.31. The molecule has 0 atom stereocenters. The molecule has 2 aromatic rings. The minimum atomic E-state index is 0.950. The molecule has 0 spiro atoms. The summed E-state index contributed by atoms with van der Waals surface area (Å²) in [5, 5.41) is 0. The molecule has 1 aliphatic carbocycles.